The second-order valence-electron chi connectivity index (χ2n) is 4.52. The number of rotatable bonds is 2. The van der Waals surface area contributed by atoms with Crippen molar-refractivity contribution in [3.63, 3.8) is 0 Å². The molecule has 0 bridgehead atoms. The van der Waals surface area contributed by atoms with E-state index in [1.165, 1.54) is 11.1 Å². The van der Waals surface area contributed by atoms with Crippen LogP contribution in [0.15, 0.2) is 30.5 Å². The number of benzene rings is 1. The molecule has 94 valence electrons. The van der Waals surface area contributed by atoms with Crippen LogP contribution in [0.4, 0.5) is 11.4 Å². The van der Waals surface area contributed by atoms with Crippen LogP contribution in [-0.2, 0) is 0 Å². The number of para-hydroxylation sites is 1. The summed E-state index contributed by atoms with van der Waals surface area (Å²) in [4.78, 5) is 6.94. The SMILES string of the molecule is CNc1cnc2ccccc2c1N1CCNCC1. The van der Waals surface area contributed by atoms with Crippen LogP contribution >= 0.6 is 0 Å². The summed E-state index contributed by atoms with van der Waals surface area (Å²) >= 11 is 0. The molecule has 0 spiro atoms. The zero-order chi connectivity index (χ0) is 12.4. The number of pyridine rings is 1. The maximum atomic E-state index is 4.50. The van der Waals surface area contributed by atoms with Gasteiger partial charge in [0.25, 0.3) is 0 Å². The first kappa shape index (κ1) is 11.3. The van der Waals surface area contributed by atoms with Gasteiger partial charge in [0.15, 0.2) is 0 Å². The quantitative estimate of drug-likeness (QED) is 0.840. The molecule has 2 aromatic rings. The van der Waals surface area contributed by atoms with E-state index >= 15 is 0 Å². The smallest absolute Gasteiger partial charge is 0.0768 e. The minimum absolute atomic E-state index is 1.04. The number of aromatic nitrogens is 1. The number of hydrogen-bond donors (Lipinski definition) is 2. The van der Waals surface area contributed by atoms with Crippen molar-refractivity contribution in [2.24, 2.45) is 0 Å². The molecule has 0 radical (unpaired) electrons. The first-order valence-corrected chi connectivity index (χ1v) is 6.41. The van der Waals surface area contributed by atoms with E-state index in [0.717, 1.165) is 37.4 Å². The number of nitrogens with one attached hydrogen (secondary N) is 2. The van der Waals surface area contributed by atoms with E-state index in [1.54, 1.807) is 0 Å². The van der Waals surface area contributed by atoms with Crippen molar-refractivity contribution < 1.29 is 0 Å². The van der Waals surface area contributed by atoms with Gasteiger partial charge in [-0.1, -0.05) is 18.2 Å². The van der Waals surface area contributed by atoms with Gasteiger partial charge in [-0.25, -0.2) is 0 Å². The van der Waals surface area contributed by atoms with Crippen molar-refractivity contribution in [3.8, 4) is 0 Å². The lowest BCUT2D eigenvalue weighted by molar-refractivity contribution is 0.590. The third-order valence-corrected chi connectivity index (χ3v) is 3.45. The molecule has 0 atom stereocenters. The van der Waals surface area contributed by atoms with Gasteiger partial charge in [-0.05, 0) is 6.07 Å². The monoisotopic (exact) mass is 242 g/mol. The number of nitrogens with zero attached hydrogens (tertiary/aromatic N) is 2. The molecule has 3 rings (SSSR count). The molecule has 1 aliphatic heterocycles. The summed E-state index contributed by atoms with van der Waals surface area (Å²) in [6.07, 6.45) is 1.93. The summed E-state index contributed by atoms with van der Waals surface area (Å²) in [5.74, 6) is 0. The van der Waals surface area contributed by atoms with Crippen LogP contribution in [0, 0.1) is 0 Å². The van der Waals surface area contributed by atoms with Crippen LogP contribution in [0.5, 0.6) is 0 Å². The minimum Gasteiger partial charge on any atom is -0.385 e. The molecule has 1 aromatic carbocycles. The summed E-state index contributed by atoms with van der Waals surface area (Å²) in [5.41, 5.74) is 3.45. The van der Waals surface area contributed by atoms with Crippen molar-refractivity contribution >= 4 is 22.3 Å². The van der Waals surface area contributed by atoms with Gasteiger partial charge in [-0.3, -0.25) is 4.98 Å². The second kappa shape index (κ2) is 4.82. The maximum Gasteiger partial charge on any atom is 0.0768 e. The zero-order valence-electron chi connectivity index (χ0n) is 10.6. The van der Waals surface area contributed by atoms with E-state index in [0.29, 0.717) is 0 Å². The Kier molecular flexibility index (Phi) is 3.02. The molecule has 1 fully saturated rings. The standard InChI is InChI=1S/C14H18N4/c1-15-13-10-17-12-5-3-2-4-11(12)14(13)18-8-6-16-7-9-18/h2-5,10,15-16H,6-9H2,1H3. The summed E-state index contributed by atoms with van der Waals surface area (Å²) in [6, 6.07) is 8.34. The largest absolute Gasteiger partial charge is 0.385 e. The van der Waals surface area contributed by atoms with Gasteiger partial charge in [0.2, 0.25) is 0 Å². The van der Waals surface area contributed by atoms with E-state index in [9.17, 15) is 0 Å². The van der Waals surface area contributed by atoms with Crippen molar-refractivity contribution in [3.05, 3.63) is 30.5 Å². The molecular formula is C14H18N4. The maximum absolute atomic E-state index is 4.50. The Balaban J connectivity index is 2.16. The van der Waals surface area contributed by atoms with Gasteiger partial charge in [-0.15, -0.1) is 0 Å². The number of hydrogen-bond acceptors (Lipinski definition) is 4. The van der Waals surface area contributed by atoms with Gasteiger partial charge in [0.1, 0.15) is 0 Å². The number of anilines is 2. The van der Waals surface area contributed by atoms with Crippen LogP contribution in [0.25, 0.3) is 10.9 Å². The van der Waals surface area contributed by atoms with Crippen molar-refractivity contribution in [1.29, 1.82) is 0 Å². The van der Waals surface area contributed by atoms with Crippen LogP contribution in [0.2, 0.25) is 0 Å². The Hall–Kier alpha value is -1.81. The molecule has 1 aromatic heterocycles. The molecule has 4 heteroatoms. The normalized spacial score (nSPS) is 15.9. The Morgan fingerprint density at radius 1 is 1.22 bits per heavy atom. The summed E-state index contributed by atoms with van der Waals surface area (Å²) in [7, 11) is 1.96. The van der Waals surface area contributed by atoms with E-state index in [4.69, 9.17) is 0 Å². The van der Waals surface area contributed by atoms with Gasteiger partial charge in [0.05, 0.1) is 23.1 Å². The lowest BCUT2D eigenvalue weighted by Crippen LogP contribution is -2.43. The highest BCUT2D eigenvalue weighted by Gasteiger charge is 2.17. The fourth-order valence-electron chi connectivity index (χ4n) is 2.54. The molecule has 0 aliphatic carbocycles. The molecular weight excluding hydrogens is 224 g/mol. The summed E-state index contributed by atoms with van der Waals surface area (Å²) < 4.78 is 0. The molecule has 2 heterocycles. The fourth-order valence-corrected chi connectivity index (χ4v) is 2.54. The molecule has 4 nitrogen and oxygen atoms in total. The highest BCUT2D eigenvalue weighted by molar-refractivity contribution is 5.98. The molecule has 0 amide bonds. The Morgan fingerprint density at radius 3 is 2.78 bits per heavy atom. The van der Waals surface area contributed by atoms with Crippen LogP contribution in [-0.4, -0.2) is 38.2 Å². The third kappa shape index (κ3) is 1.88. The predicted molar refractivity (Wildman–Crippen MR) is 76.4 cm³/mol. The molecule has 1 saturated heterocycles. The third-order valence-electron chi connectivity index (χ3n) is 3.45. The first-order chi connectivity index (χ1) is 8.90. The molecule has 18 heavy (non-hydrogen) atoms. The Morgan fingerprint density at radius 2 is 2.00 bits per heavy atom. The van der Waals surface area contributed by atoms with Gasteiger partial charge in [0, 0.05) is 38.6 Å². The Labute approximate surface area is 107 Å². The van der Waals surface area contributed by atoms with Crippen molar-refractivity contribution in [1.82, 2.24) is 10.3 Å². The highest BCUT2D eigenvalue weighted by Crippen LogP contribution is 2.33. The second-order valence-corrected chi connectivity index (χ2v) is 4.52. The number of fused-ring (bicyclic) bond motifs is 1. The number of piperazine rings is 1. The molecule has 0 unspecified atom stereocenters. The molecule has 1 aliphatic rings. The first-order valence-electron chi connectivity index (χ1n) is 6.41. The lowest BCUT2D eigenvalue weighted by Gasteiger charge is -2.31. The van der Waals surface area contributed by atoms with Gasteiger partial charge >= 0.3 is 0 Å². The van der Waals surface area contributed by atoms with Crippen LogP contribution in [0.1, 0.15) is 0 Å². The highest BCUT2D eigenvalue weighted by atomic mass is 15.2. The summed E-state index contributed by atoms with van der Waals surface area (Å²) in [6.45, 7) is 4.17. The van der Waals surface area contributed by atoms with E-state index in [1.807, 2.05) is 19.3 Å². The fraction of sp³-hybridized carbons (Fsp3) is 0.357. The van der Waals surface area contributed by atoms with Crippen molar-refractivity contribution in [2.45, 2.75) is 0 Å². The lowest BCUT2D eigenvalue weighted by atomic mass is 10.1. The van der Waals surface area contributed by atoms with Crippen LogP contribution < -0.4 is 15.5 Å². The van der Waals surface area contributed by atoms with Crippen molar-refractivity contribution in [2.75, 3.05) is 43.4 Å². The molecule has 2 N–H and O–H groups in total. The average Bonchev–Trinajstić information content (AvgIpc) is 2.47. The van der Waals surface area contributed by atoms with E-state index in [2.05, 4.69) is 38.7 Å². The predicted octanol–water partition coefficient (Wildman–Crippen LogP) is 1.69. The zero-order valence-corrected chi connectivity index (χ0v) is 10.6. The van der Waals surface area contributed by atoms with Crippen LogP contribution in [0.3, 0.4) is 0 Å². The topological polar surface area (TPSA) is 40.2 Å². The van der Waals surface area contributed by atoms with Gasteiger partial charge in [-0.2, -0.15) is 0 Å². The van der Waals surface area contributed by atoms with E-state index in [-0.39, 0.29) is 0 Å². The van der Waals surface area contributed by atoms with E-state index < -0.39 is 0 Å². The minimum atomic E-state index is 1.04. The Bertz CT molecular complexity index is 546. The summed E-state index contributed by atoms with van der Waals surface area (Å²) in [5, 5.41) is 7.88. The molecule has 0 saturated carbocycles. The van der Waals surface area contributed by atoms with Gasteiger partial charge < -0.3 is 15.5 Å². The average molecular weight is 242 g/mol.